The van der Waals surface area contributed by atoms with E-state index in [1.807, 2.05) is 0 Å². The summed E-state index contributed by atoms with van der Waals surface area (Å²) < 4.78 is 21.0. The lowest BCUT2D eigenvalue weighted by molar-refractivity contribution is -0.268. The van der Waals surface area contributed by atoms with Gasteiger partial charge in [0.25, 0.3) is 0 Å². The predicted molar refractivity (Wildman–Crippen MR) is 128 cm³/mol. The molecule has 0 spiro atoms. The molecule has 1 aliphatic heterocycles. The van der Waals surface area contributed by atoms with E-state index in [2.05, 4.69) is 106 Å². The third kappa shape index (κ3) is 7.63. The Labute approximate surface area is 192 Å². The highest BCUT2D eigenvalue weighted by Gasteiger charge is 2.37. The highest BCUT2D eigenvalue weighted by molar-refractivity contribution is 14.1. The molecule has 1 heterocycles. The zero-order valence-electron chi connectivity index (χ0n) is 17.7. The second-order valence-electron chi connectivity index (χ2n) is 9.87. The quantitative estimate of drug-likeness (QED) is 0.343. The first-order valence-electron chi connectivity index (χ1n) is 9.74. The lowest BCUT2D eigenvalue weighted by atomic mass is 9.81. The van der Waals surface area contributed by atoms with Gasteiger partial charge in [0.2, 0.25) is 0 Å². The molecule has 0 aliphatic carbocycles. The molecule has 154 valence electrons. The first kappa shape index (κ1) is 23.7. The Balaban J connectivity index is 1.99. The number of benzene rings is 1. The Kier molecular flexibility index (Phi) is 8.31. The van der Waals surface area contributed by atoms with Crippen molar-refractivity contribution in [3.8, 4) is 5.75 Å². The second kappa shape index (κ2) is 9.47. The van der Waals surface area contributed by atoms with Gasteiger partial charge in [-0.1, -0.05) is 41.5 Å². The van der Waals surface area contributed by atoms with Crippen LogP contribution in [0.5, 0.6) is 5.75 Å². The Hall–Kier alpha value is 0.400. The number of aryl methyl sites for hydroxylation is 1. The average Bonchev–Trinajstić information content (AvgIpc) is 2.47. The molecule has 0 N–H and O–H groups in total. The van der Waals surface area contributed by atoms with Crippen LogP contribution in [0, 0.1) is 24.9 Å². The van der Waals surface area contributed by atoms with Crippen molar-refractivity contribution in [3.63, 3.8) is 0 Å². The van der Waals surface area contributed by atoms with Crippen LogP contribution < -0.4 is 4.74 Å². The summed E-state index contributed by atoms with van der Waals surface area (Å²) in [5.41, 5.74) is 1.62. The first-order chi connectivity index (χ1) is 12.3. The fourth-order valence-electron chi connectivity index (χ4n) is 3.37. The molecule has 0 aromatic heterocycles. The Morgan fingerprint density at radius 3 is 2.15 bits per heavy atom. The summed E-state index contributed by atoms with van der Waals surface area (Å²) in [6.45, 7) is 16.3. The van der Waals surface area contributed by atoms with Crippen LogP contribution in [-0.2, 0) is 9.47 Å². The van der Waals surface area contributed by atoms with Crippen molar-refractivity contribution in [1.82, 2.24) is 0 Å². The Morgan fingerprint density at radius 1 is 1.04 bits per heavy atom. The zero-order chi connectivity index (χ0) is 20.4. The van der Waals surface area contributed by atoms with Gasteiger partial charge in [0.1, 0.15) is 5.75 Å². The zero-order valence-corrected chi connectivity index (χ0v) is 22.0. The Bertz CT molecular complexity index is 608. The lowest BCUT2D eigenvalue weighted by Crippen LogP contribution is -2.45. The van der Waals surface area contributed by atoms with E-state index < -0.39 is 0 Å². The van der Waals surface area contributed by atoms with Gasteiger partial charge in [-0.3, -0.25) is 0 Å². The van der Waals surface area contributed by atoms with Crippen LogP contribution in [0.4, 0.5) is 0 Å². The summed E-state index contributed by atoms with van der Waals surface area (Å²) in [5, 5.41) is 0. The van der Waals surface area contributed by atoms with Crippen molar-refractivity contribution in [3.05, 3.63) is 24.8 Å². The molecule has 27 heavy (non-hydrogen) atoms. The van der Waals surface area contributed by atoms with E-state index in [1.165, 1.54) is 5.56 Å². The summed E-state index contributed by atoms with van der Waals surface area (Å²) in [5.74, 6) is 0.969. The van der Waals surface area contributed by atoms with Crippen LogP contribution in [0.2, 0.25) is 0 Å². The van der Waals surface area contributed by atoms with E-state index in [0.717, 1.165) is 32.2 Å². The molecule has 5 heteroatoms. The molecule has 3 atom stereocenters. The Morgan fingerprint density at radius 2 is 1.63 bits per heavy atom. The molecule has 0 amide bonds. The molecular weight excluding hydrogens is 566 g/mol. The standard InChI is InChI=1S/C22H34I2O3/c1-14-10-16(23)20(17(24)11-14)25-9-8-19-26-15(13-21(2,3)4)12-18(27-19)22(5,6)7/h10-11,15,18-19H,8-9,12-13H2,1-7H3. The summed E-state index contributed by atoms with van der Waals surface area (Å²) in [6.07, 6.45) is 3.01. The number of hydrogen-bond donors (Lipinski definition) is 0. The highest BCUT2D eigenvalue weighted by Crippen LogP contribution is 2.37. The van der Waals surface area contributed by atoms with Crippen LogP contribution in [0.3, 0.4) is 0 Å². The average molecular weight is 600 g/mol. The summed E-state index contributed by atoms with van der Waals surface area (Å²) in [4.78, 5) is 0. The van der Waals surface area contributed by atoms with Crippen LogP contribution in [0.25, 0.3) is 0 Å². The normalized spacial score (nSPS) is 24.1. The molecule has 1 aromatic carbocycles. The van der Waals surface area contributed by atoms with Gasteiger partial charge in [-0.05, 0) is 87.1 Å². The van der Waals surface area contributed by atoms with Crippen molar-refractivity contribution in [2.45, 2.75) is 86.2 Å². The van der Waals surface area contributed by atoms with Crippen LogP contribution >= 0.6 is 45.2 Å². The fourth-order valence-corrected chi connectivity index (χ4v) is 5.76. The van der Waals surface area contributed by atoms with Crippen LogP contribution in [0.1, 0.15) is 66.4 Å². The third-order valence-corrected chi connectivity index (χ3v) is 6.29. The number of rotatable bonds is 5. The minimum atomic E-state index is -0.198. The van der Waals surface area contributed by atoms with E-state index in [-0.39, 0.29) is 29.3 Å². The van der Waals surface area contributed by atoms with Crippen molar-refractivity contribution >= 4 is 45.2 Å². The lowest BCUT2D eigenvalue weighted by Gasteiger charge is -2.43. The summed E-state index contributed by atoms with van der Waals surface area (Å²) >= 11 is 4.69. The number of halogens is 2. The van der Waals surface area contributed by atoms with Crippen molar-refractivity contribution in [1.29, 1.82) is 0 Å². The van der Waals surface area contributed by atoms with Gasteiger partial charge >= 0.3 is 0 Å². The van der Waals surface area contributed by atoms with Crippen molar-refractivity contribution in [2.24, 2.45) is 10.8 Å². The summed E-state index contributed by atoms with van der Waals surface area (Å²) in [6, 6.07) is 4.31. The van der Waals surface area contributed by atoms with E-state index in [0.29, 0.717) is 6.61 Å². The number of ether oxygens (including phenoxy) is 3. The van der Waals surface area contributed by atoms with Gasteiger partial charge in [-0.25, -0.2) is 0 Å². The molecule has 0 saturated carbocycles. The maximum absolute atomic E-state index is 6.31. The molecule has 2 rings (SSSR count). The third-order valence-electron chi connectivity index (χ3n) is 4.69. The predicted octanol–water partition coefficient (Wildman–Crippen LogP) is 6.96. The smallest absolute Gasteiger partial charge is 0.161 e. The first-order valence-corrected chi connectivity index (χ1v) is 11.9. The molecule has 0 bridgehead atoms. The number of hydrogen-bond acceptors (Lipinski definition) is 3. The minimum Gasteiger partial charge on any atom is -0.491 e. The molecule has 1 fully saturated rings. The van der Waals surface area contributed by atoms with E-state index >= 15 is 0 Å². The van der Waals surface area contributed by atoms with Crippen LogP contribution in [0.15, 0.2) is 12.1 Å². The summed E-state index contributed by atoms with van der Waals surface area (Å²) in [7, 11) is 0. The molecular formula is C22H34I2O3. The van der Waals surface area contributed by atoms with E-state index in [9.17, 15) is 0 Å². The molecule has 1 saturated heterocycles. The largest absolute Gasteiger partial charge is 0.491 e. The molecule has 3 unspecified atom stereocenters. The van der Waals surface area contributed by atoms with E-state index in [1.54, 1.807) is 0 Å². The molecule has 0 radical (unpaired) electrons. The van der Waals surface area contributed by atoms with Crippen molar-refractivity contribution < 1.29 is 14.2 Å². The maximum Gasteiger partial charge on any atom is 0.161 e. The maximum atomic E-state index is 6.31. The van der Waals surface area contributed by atoms with Gasteiger partial charge < -0.3 is 14.2 Å². The highest BCUT2D eigenvalue weighted by atomic mass is 127. The monoisotopic (exact) mass is 600 g/mol. The second-order valence-corrected chi connectivity index (χ2v) is 12.2. The van der Waals surface area contributed by atoms with Gasteiger partial charge in [0, 0.05) is 12.8 Å². The molecule has 3 nitrogen and oxygen atoms in total. The van der Waals surface area contributed by atoms with Crippen LogP contribution in [-0.4, -0.2) is 25.1 Å². The topological polar surface area (TPSA) is 27.7 Å². The van der Waals surface area contributed by atoms with Gasteiger partial charge in [0.05, 0.1) is 26.0 Å². The SMILES string of the molecule is Cc1cc(I)c(OCCC2OC(CC(C)(C)C)CC(C(C)(C)C)O2)c(I)c1. The molecule has 1 aromatic rings. The van der Waals surface area contributed by atoms with E-state index in [4.69, 9.17) is 14.2 Å². The van der Waals surface area contributed by atoms with Gasteiger partial charge in [0.15, 0.2) is 6.29 Å². The van der Waals surface area contributed by atoms with Crippen molar-refractivity contribution in [2.75, 3.05) is 6.61 Å². The van der Waals surface area contributed by atoms with Gasteiger partial charge in [-0.2, -0.15) is 0 Å². The minimum absolute atomic E-state index is 0.112. The molecule has 1 aliphatic rings. The fraction of sp³-hybridized carbons (Fsp3) is 0.727. The van der Waals surface area contributed by atoms with Gasteiger partial charge in [-0.15, -0.1) is 0 Å².